The number of rotatable bonds is 4. The lowest BCUT2D eigenvalue weighted by Gasteiger charge is -2.28. The van der Waals surface area contributed by atoms with Gasteiger partial charge in [-0.2, -0.15) is 13.2 Å². The number of carboxylic acid groups (broad SMARTS) is 1. The molecule has 0 amide bonds. The fourth-order valence-electron chi connectivity index (χ4n) is 3.99. The molecule has 196 valence electrons. The Morgan fingerprint density at radius 3 is 2.41 bits per heavy atom. The van der Waals surface area contributed by atoms with Crippen LogP contribution in [0.5, 0.6) is 0 Å². The maximum atomic E-state index is 13.5. The number of likely N-dealkylation sites (tertiary alicyclic amines) is 1. The highest BCUT2D eigenvalue weighted by atomic mass is 35.5. The molecule has 4 aromatic rings. The van der Waals surface area contributed by atoms with E-state index in [4.69, 9.17) is 26.5 Å². The number of imidazole rings is 2. The highest BCUT2D eigenvalue weighted by Crippen LogP contribution is 2.26. The number of quaternary nitrogens is 1. The second kappa shape index (κ2) is 10.5. The number of carbonyl (C=O) groups excluding carboxylic acids is 1. The predicted octanol–water partition coefficient (Wildman–Crippen LogP) is 3.16. The maximum absolute atomic E-state index is 13.5. The average molecular weight is 542 g/mol. The topological polar surface area (TPSA) is 90.6 Å². The van der Waals surface area contributed by atoms with E-state index in [9.17, 15) is 22.0 Å². The Morgan fingerprint density at radius 1 is 1.14 bits per heavy atom. The molecule has 7 nitrogen and oxygen atoms in total. The third-order valence-corrected chi connectivity index (χ3v) is 6.16. The summed E-state index contributed by atoms with van der Waals surface area (Å²) in [5.41, 5.74) is 3.73. The molecule has 4 heterocycles. The number of carbonyl (C=O) groups is 1. The van der Waals surface area contributed by atoms with Crippen molar-refractivity contribution in [1.82, 2.24) is 19.4 Å². The van der Waals surface area contributed by atoms with Gasteiger partial charge in [0.2, 0.25) is 0 Å². The van der Waals surface area contributed by atoms with E-state index in [1.807, 2.05) is 53.1 Å². The standard InChI is InChI=1S/C22H20ClF2N5.C2HF3O2/c23-16-6-4-15(5-7-16)17-13-26-20(27-17)21-28-18(19-3-1-2-10-30(19)21)14-29-11-8-22(24,25)9-12-29;3-2(4,5)1(6)7/h1-7,10,13H,8-9,11-12,14H2,(H,26,27);(H,6,7). The number of halogens is 6. The fourth-order valence-corrected chi connectivity index (χ4v) is 4.12. The molecule has 1 aliphatic heterocycles. The molecule has 1 fully saturated rings. The number of H-pyrrole nitrogens is 1. The first kappa shape index (κ1) is 26.6. The molecule has 5 rings (SSSR count). The van der Waals surface area contributed by atoms with Crippen molar-refractivity contribution < 1.29 is 36.8 Å². The van der Waals surface area contributed by atoms with Crippen molar-refractivity contribution in [1.29, 1.82) is 0 Å². The van der Waals surface area contributed by atoms with Crippen LogP contribution in [-0.4, -0.2) is 50.5 Å². The Kier molecular flexibility index (Phi) is 7.51. The summed E-state index contributed by atoms with van der Waals surface area (Å²) in [5.74, 6) is -4.17. The van der Waals surface area contributed by atoms with Crippen LogP contribution in [-0.2, 0) is 11.3 Å². The van der Waals surface area contributed by atoms with Crippen LogP contribution < -0.4 is 10.0 Å². The molecule has 0 unspecified atom stereocenters. The molecule has 0 spiro atoms. The number of nitrogens with one attached hydrogen (secondary N) is 2. The molecule has 3 aromatic heterocycles. The molecule has 0 aliphatic carbocycles. The molecule has 37 heavy (non-hydrogen) atoms. The van der Waals surface area contributed by atoms with Crippen LogP contribution in [0.15, 0.2) is 54.9 Å². The van der Waals surface area contributed by atoms with Crippen LogP contribution in [0.2, 0.25) is 5.02 Å². The number of fused-ring (bicyclic) bond motifs is 1. The second-order valence-corrected chi connectivity index (χ2v) is 8.99. The Balaban J connectivity index is 0.000000405. The number of piperidine rings is 1. The highest BCUT2D eigenvalue weighted by Gasteiger charge is 2.37. The Labute approximate surface area is 212 Å². The van der Waals surface area contributed by atoms with Crippen molar-refractivity contribution in [3.63, 3.8) is 0 Å². The maximum Gasteiger partial charge on any atom is 0.430 e. The first-order chi connectivity index (χ1) is 17.4. The summed E-state index contributed by atoms with van der Waals surface area (Å²) in [6.07, 6.45) is -1.60. The van der Waals surface area contributed by atoms with Crippen molar-refractivity contribution >= 4 is 23.1 Å². The minimum Gasteiger partial charge on any atom is -0.542 e. The molecule has 1 aliphatic rings. The van der Waals surface area contributed by atoms with E-state index < -0.39 is 18.1 Å². The molecule has 0 radical (unpaired) electrons. The van der Waals surface area contributed by atoms with Gasteiger partial charge in [-0.15, -0.1) is 0 Å². The number of pyridine rings is 1. The Bertz CT molecular complexity index is 1370. The molecule has 0 bridgehead atoms. The van der Waals surface area contributed by atoms with E-state index in [2.05, 4.69) is 9.97 Å². The molecular formula is C24H21ClF5N5O2. The molecule has 13 heteroatoms. The summed E-state index contributed by atoms with van der Waals surface area (Å²) in [4.78, 5) is 22.7. The van der Waals surface area contributed by atoms with Crippen molar-refractivity contribution in [3.8, 4) is 22.9 Å². The fraction of sp³-hybridized carbons (Fsp3) is 0.292. The van der Waals surface area contributed by atoms with Gasteiger partial charge in [-0.1, -0.05) is 29.8 Å². The molecule has 1 saturated heterocycles. The zero-order chi connectivity index (χ0) is 26.8. The van der Waals surface area contributed by atoms with E-state index in [0.29, 0.717) is 36.3 Å². The summed E-state index contributed by atoms with van der Waals surface area (Å²) in [5, 5.41) is 9.47. The third-order valence-electron chi connectivity index (χ3n) is 5.90. The number of carboxylic acids is 1. The van der Waals surface area contributed by atoms with E-state index >= 15 is 0 Å². The summed E-state index contributed by atoms with van der Waals surface area (Å²) >= 11 is 5.98. The van der Waals surface area contributed by atoms with Gasteiger partial charge in [0.05, 0.1) is 43.3 Å². The van der Waals surface area contributed by atoms with Crippen LogP contribution in [0.1, 0.15) is 18.5 Å². The minimum absolute atomic E-state index is 0.0659. The van der Waals surface area contributed by atoms with Crippen LogP contribution in [0, 0.1) is 0 Å². The number of alkyl halides is 5. The first-order valence-electron chi connectivity index (χ1n) is 11.2. The lowest BCUT2D eigenvalue weighted by Crippen LogP contribution is -3.12. The van der Waals surface area contributed by atoms with Gasteiger partial charge >= 0.3 is 6.18 Å². The summed E-state index contributed by atoms with van der Waals surface area (Å²) in [6.45, 7) is 1.53. The van der Waals surface area contributed by atoms with Gasteiger partial charge in [0.25, 0.3) is 5.92 Å². The van der Waals surface area contributed by atoms with Gasteiger partial charge in [-0.3, -0.25) is 4.40 Å². The summed E-state index contributed by atoms with van der Waals surface area (Å²) < 4.78 is 60.6. The first-order valence-corrected chi connectivity index (χ1v) is 11.6. The lowest BCUT2D eigenvalue weighted by atomic mass is 10.1. The zero-order valence-electron chi connectivity index (χ0n) is 19.2. The number of benzene rings is 1. The van der Waals surface area contributed by atoms with Gasteiger partial charge in [-0.25, -0.2) is 18.7 Å². The molecular weight excluding hydrogens is 521 g/mol. The van der Waals surface area contributed by atoms with Crippen LogP contribution >= 0.6 is 11.6 Å². The monoisotopic (exact) mass is 541 g/mol. The smallest absolute Gasteiger partial charge is 0.430 e. The number of hydrogen-bond donors (Lipinski definition) is 2. The van der Waals surface area contributed by atoms with Gasteiger partial charge < -0.3 is 19.8 Å². The average Bonchev–Trinajstić information content (AvgIpc) is 3.46. The van der Waals surface area contributed by atoms with E-state index in [1.54, 1.807) is 6.20 Å². The minimum atomic E-state index is -5.19. The van der Waals surface area contributed by atoms with Gasteiger partial charge in [0.15, 0.2) is 11.6 Å². The third kappa shape index (κ3) is 6.44. The number of aliphatic carboxylic acids is 1. The van der Waals surface area contributed by atoms with E-state index in [-0.39, 0.29) is 12.8 Å². The normalized spacial score (nSPS) is 15.8. The van der Waals surface area contributed by atoms with Crippen LogP contribution in [0.4, 0.5) is 22.0 Å². The van der Waals surface area contributed by atoms with Crippen molar-refractivity contribution in [2.75, 3.05) is 13.1 Å². The van der Waals surface area contributed by atoms with Crippen molar-refractivity contribution in [3.05, 3.63) is 65.6 Å². The van der Waals surface area contributed by atoms with Crippen LogP contribution in [0.3, 0.4) is 0 Å². The number of aromatic amines is 1. The predicted molar refractivity (Wildman–Crippen MR) is 123 cm³/mol. The van der Waals surface area contributed by atoms with Gasteiger partial charge in [0, 0.05) is 11.2 Å². The molecule has 2 N–H and O–H groups in total. The Morgan fingerprint density at radius 2 is 1.78 bits per heavy atom. The number of aromatic nitrogens is 4. The number of hydrogen-bond acceptors (Lipinski definition) is 4. The van der Waals surface area contributed by atoms with E-state index in [0.717, 1.165) is 27.4 Å². The molecule has 1 aromatic carbocycles. The van der Waals surface area contributed by atoms with Crippen molar-refractivity contribution in [2.45, 2.75) is 31.5 Å². The highest BCUT2D eigenvalue weighted by molar-refractivity contribution is 6.30. The second-order valence-electron chi connectivity index (χ2n) is 8.56. The summed E-state index contributed by atoms with van der Waals surface area (Å²) in [6, 6.07) is 13.5. The molecule has 0 atom stereocenters. The molecule has 0 saturated carbocycles. The zero-order valence-corrected chi connectivity index (χ0v) is 19.9. The van der Waals surface area contributed by atoms with Gasteiger partial charge in [0.1, 0.15) is 18.2 Å². The van der Waals surface area contributed by atoms with E-state index in [1.165, 1.54) is 0 Å². The largest absolute Gasteiger partial charge is 0.542 e. The lowest BCUT2D eigenvalue weighted by molar-refractivity contribution is -0.921. The number of nitrogens with zero attached hydrogens (tertiary/aromatic N) is 3. The van der Waals surface area contributed by atoms with Crippen LogP contribution in [0.25, 0.3) is 28.4 Å². The van der Waals surface area contributed by atoms with Crippen molar-refractivity contribution in [2.24, 2.45) is 0 Å². The van der Waals surface area contributed by atoms with Gasteiger partial charge in [-0.05, 0) is 29.8 Å². The Hall–Kier alpha value is -3.51. The summed E-state index contributed by atoms with van der Waals surface area (Å²) in [7, 11) is 0. The SMILES string of the molecule is FC1(F)CC[NH+](Cc2nc(-c3ncc(-c4ccc(Cl)cc4)[nH]3)n3ccccc23)CC1.O=C([O-])C(F)(F)F. The quantitative estimate of drug-likeness (QED) is 0.388.